The van der Waals surface area contributed by atoms with E-state index in [1.807, 2.05) is 0 Å². The fourth-order valence-corrected chi connectivity index (χ4v) is 0.910. The maximum atomic E-state index is 8.31. The van der Waals surface area contributed by atoms with Gasteiger partial charge in [0.15, 0.2) is 0 Å². The molecule has 0 aliphatic carbocycles. The van der Waals surface area contributed by atoms with E-state index < -0.39 is 0 Å². The summed E-state index contributed by atoms with van der Waals surface area (Å²) in [6, 6.07) is 0. The van der Waals surface area contributed by atoms with Gasteiger partial charge < -0.3 is 14.6 Å². The highest BCUT2D eigenvalue weighted by atomic mass is 16.5. The minimum atomic E-state index is 0.292. The van der Waals surface area contributed by atoms with Gasteiger partial charge in [-0.1, -0.05) is 6.92 Å². The van der Waals surface area contributed by atoms with Crippen molar-refractivity contribution in [1.29, 1.82) is 0 Å². The van der Waals surface area contributed by atoms with Crippen LogP contribution < -0.4 is 0 Å². The first kappa shape index (κ1) is 9.96. The lowest BCUT2D eigenvalue weighted by molar-refractivity contribution is -0.0554. The molecule has 0 bridgehead atoms. The number of ether oxygens (including phenoxy) is 2. The maximum absolute atomic E-state index is 8.31. The van der Waals surface area contributed by atoms with Crippen LogP contribution in [0.2, 0.25) is 0 Å². The lowest BCUT2D eigenvalue weighted by Crippen LogP contribution is -2.30. The van der Waals surface area contributed by atoms with Crippen LogP contribution in [0.25, 0.3) is 0 Å². The Morgan fingerprint density at radius 3 is 1.58 bits per heavy atom. The second kappa shape index (κ2) is 5.51. The van der Waals surface area contributed by atoms with Gasteiger partial charge in [0, 0.05) is 11.8 Å². The predicted octanol–water partition coefficient (Wildman–Crippen LogP) is 0.668. The predicted molar refractivity (Wildman–Crippen MR) is 46.0 cm³/mol. The third kappa shape index (κ3) is 3.09. The van der Waals surface area contributed by atoms with Gasteiger partial charge in [0.25, 0.3) is 0 Å². The van der Waals surface area contributed by atoms with Crippen LogP contribution in [0.15, 0.2) is 0 Å². The first-order valence-electron chi connectivity index (χ1n) is 4.63. The molecule has 0 unspecified atom stereocenters. The van der Waals surface area contributed by atoms with Crippen molar-refractivity contribution in [2.75, 3.05) is 33.0 Å². The summed E-state index contributed by atoms with van der Waals surface area (Å²) in [5.41, 5.74) is 0. The minimum Gasteiger partial charge on any atom is -0.396 e. The summed E-state index contributed by atoms with van der Waals surface area (Å²) in [5, 5.41) is 8.31. The van der Waals surface area contributed by atoms with Crippen molar-refractivity contribution in [3.63, 3.8) is 0 Å². The van der Waals surface area contributed by atoms with Gasteiger partial charge in [0.05, 0.1) is 33.0 Å². The third-order valence-corrected chi connectivity index (χ3v) is 2.25. The Hall–Kier alpha value is -0.120. The number of aliphatic hydroxyl groups excluding tert-OH is 1. The van der Waals surface area contributed by atoms with Crippen molar-refractivity contribution in [2.45, 2.75) is 13.3 Å². The van der Waals surface area contributed by atoms with Gasteiger partial charge in [-0.05, 0) is 6.42 Å². The fourth-order valence-electron chi connectivity index (χ4n) is 0.910. The first-order chi connectivity index (χ1) is 5.86. The maximum Gasteiger partial charge on any atom is 0.0538 e. The molecule has 0 aromatic heterocycles. The van der Waals surface area contributed by atoms with Crippen LogP contribution in [-0.4, -0.2) is 38.1 Å². The van der Waals surface area contributed by atoms with Crippen molar-refractivity contribution in [2.24, 2.45) is 11.8 Å². The van der Waals surface area contributed by atoms with E-state index in [-0.39, 0.29) is 0 Å². The zero-order chi connectivity index (χ0) is 8.81. The summed E-state index contributed by atoms with van der Waals surface area (Å²) in [4.78, 5) is 0. The fraction of sp³-hybridized carbons (Fsp3) is 1.00. The molecule has 3 nitrogen and oxygen atoms in total. The van der Waals surface area contributed by atoms with E-state index in [4.69, 9.17) is 14.6 Å². The SMILES string of the molecule is CCC1COC1.OCC1COC1. The van der Waals surface area contributed by atoms with E-state index in [0.717, 1.165) is 32.3 Å². The van der Waals surface area contributed by atoms with Gasteiger partial charge in [-0.3, -0.25) is 0 Å². The van der Waals surface area contributed by atoms with E-state index >= 15 is 0 Å². The zero-order valence-electron chi connectivity index (χ0n) is 7.66. The average Bonchev–Trinajstić information content (AvgIpc) is 1.83. The molecule has 2 rings (SSSR count). The van der Waals surface area contributed by atoms with Gasteiger partial charge in [-0.25, -0.2) is 0 Å². The Kier molecular flexibility index (Phi) is 4.58. The highest BCUT2D eigenvalue weighted by Gasteiger charge is 2.15. The van der Waals surface area contributed by atoms with Crippen LogP contribution in [0, 0.1) is 11.8 Å². The second-order valence-corrected chi connectivity index (χ2v) is 3.40. The Balaban J connectivity index is 0.000000120. The van der Waals surface area contributed by atoms with E-state index in [0.29, 0.717) is 12.5 Å². The van der Waals surface area contributed by atoms with Gasteiger partial charge in [0.2, 0.25) is 0 Å². The molecule has 2 saturated heterocycles. The Bertz CT molecular complexity index is 88.8. The summed E-state index contributed by atoms with van der Waals surface area (Å²) in [6.07, 6.45) is 1.29. The lowest BCUT2D eigenvalue weighted by atomic mass is 10.1. The standard InChI is InChI=1S/C5H10O.C4H8O2/c1-2-5-3-6-4-5;5-1-4-2-6-3-4/h5H,2-4H2,1H3;4-5H,1-3H2. The van der Waals surface area contributed by atoms with E-state index in [1.165, 1.54) is 6.42 Å². The molecular weight excluding hydrogens is 156 g/mol. The molecule has 0 spiro atoms. The van der Waals surface area contributed by atoms with Gasteiger partial charge in [-0.15, -0.1) is 0 Å². The molecule has 2 aliphatic rings. The molecule has 0 saturated carbocycles. The Morgan fingerprint density at radius 1 is 1.08 bits per heavy atom. The topological polar surface area (TPSA) is 38.7 Å². The molecule has 3 heteroatoms. The van der Waals surface area contributed by atoms with Crippen molar-refractivity contribution in [1.82, 2.24) is 0 Å². The molecule has 0 atom stereocenters. The summed E-state index contributed by atoms with van der Waals surface area (Å²) < 4.78 is 9.69. The molecular formula is C9H18O3. The molecule has 0 radical (unpaired) electrons. The van der Waals surface area contributed by atoms with Crippen LogP contribution >= 0.6 is 0 Å². The molecule has 0 aromatic rings. The van der Waals surface area contributed by atoms with E-state index in [1.54, 1.807) is 0 Å². The number of aliphatic hydroxyl groups is 1. The molecule has 0 aromatic carbocycles. The van der Waals surface area contributed by atoms with Crippen molar-refractivity contribution in [3.8, 4) is 0 Å². The van der Waals surface area contributed by atoms with Crippen LogP contribution in [0.4, 0.5) is 0 Å². The normalized spacial score (nSPS) is 23.5. The van der Waals surface area contributed by atoms with E-state index in [9.17, 15) is 0 Å². The molecule has 0 amide bonds. The molecule has 2 aliphatic heterocycles. The van der Waals surface area contributed by atoms with Crippen LogP contribution in [-0.2, 0) is 9.47 Å². The molecule has 2 heterocycles. The number of hydrogen-bond donors (Lipinski definition) is 1. The quantitative estimate of drug-likeness (QED) is 0.668. The number of hydrogen-bond acceptors (Lipinski definition) is 3. The average molecular weight is 174 g/mol. The highest BCUT2D eigenvalue weighted by Crippen LogP contribution is 2.12. The monoisotopic (exact) mass is 174 g/mol. The minimum absolute atomic E-state index is 0.292. The van der Waals surface area contributed by atoms with Crippen molar-refractivity contribution in [3.05, 3.63) is 0 Å². The Labute approximate surface area is 73.7 Å². The smallest absolute Gasteiger partial charge is 0.0538 e. The summed E-state index contributed by atoms with van der Waals surface area (Å²) in [6.45, 7) is 6.03. The highest BCUT2D eigenvalue weighted by molar-refractivity contribution is 4.62. The van der Waals surface area contributed by atoms with Gasteiger partial charge in [0.1, 0.15) is 0 Å². The molecule has 2 fully saturated rings. The molecule has 1 N–H and O–H groups in total. The molecule has 12 heavy (non-hydrogen) atoms. The largest absolute Gasteiger partial charge is 0.396 e. The van der Waals surface area contributed by atoms with Gasteiger partial charge >= 0.3 is 0 Å². The van der Waals surface area contributed by atoms with Crippen molar-refractivity contribution >= 4 is 0 Å². The first-order valence-corrected chi connectivity index (χ1v) is 4.63. The van der Waals surface area contributed by atoms with Crippen molar-refractivity contribution < 1.29 is 14.6 Å². The third-order valence-electron chi connectivity index (χ3n) is 2.25. The van der Waals surface area contributed by atoms with Crippen LogP contribution in [0.3, 0.4) is 0 Å². The Morgan fingerprint density at radius 2 is 1.58 bits per heavy atom. The van der Waals surface area contributed by atoms with E-state index in [2.05, 4.69) is 6.92 Å². The lowest BCUT2D eigenvalue weighted by Gasteiger charge is -2.23. The zero-order valence-corrected chi connectivity index (χ0v) is 7.66. The molecule has 72 valence electrons. The van der Waals surface area contributed by atoms with Crippen LogP contribution in [0.1, 0.15) is 13.3 Å². The van der Waals surface area contributed by atoms with Crippen LogP contribution in [0.5, 0.6) is 0 Å². The second-order valence-electron chi connectivity index (χ2n) is 3.40. The van der Waals surface area contributed by atoms with Gasteiger partial charge in [-0.2, -0.15) is 0 Å². The summed E-state index contributed by atoms with van der Waals surface area (Å²) in [7, 11) is 0. The summed E-state index contributed by atoms with van der Waals surface area (Å²) in [5.74, 6) is 1.34. The number of rotatable bonds is 2. The summed E-state index contributed by atoms with van der Waals surface area (Å²) >= 11 is 0.